The predicted molar refractivity (Wildman–Crippen MR) is 44.4 cm³/mol. The van der Waals surface area contributed by atoms with Crippen molar-refractivity contribution < 1.29 is 8.78 Å². The van der Waals surface area contributed by atoms with E-state index >= 15 is 0 Å². The van der Waals surface area contributed by atoms with E-state index in [1.165, 1.54) is 11.8 Å². The van der Waals surface area contributed by atoms with Gasteiger partial charge < -0.3 is 5.32 Å². The minimum absolute atomic E-state index is 0.00759. The lowest BCUT2D eigenvalue weighted by atomic mass is 10.2. The number of alkyl halides is 2. The van der Waals surface area contributed by atoms with Crippen molar-refractivity contribution in [3.63, 3.8) is 0 Å². The average molecular weight is 181 g/mol. The zero-order chi connectivity index (χ0) is 8.10. The van der Waals surface area contributed by atoms with Crippen LogP contribution in [0.1, 0.15) is 12.8 Å². The molecule has 1 atom stereocenters. The van der Waals surface area contributed by atoms with Gasteiger partial charge in [-0.1, -0.05) is 0 Å². The zero-order valence-electron chi connectivity index (χ0n) is 6.35. The second kappa shape index (κ2) is 4.93. The number of thioether (sulfide) groups is 1. The van der Waals surface area contributed by atoms with Crippen LogP contribution in [0.25, 0.3) is 0 Å². The van der Waals surface area contributed by atoms with Crippen molar-refractivity contribution in [1.82, 2.24) is 5.32 Å². The van der Waals surface area contributed by atoms with Gasteiger partial charge in [0.1, 0.15) is 0 Å². The lowest BCUT2D eigenvalue weighted by Crippen LogP contribution is -2.32. The van der Waals surface area contributed by atoms with Gasteiger partial charge >= 0.3 is 0 Å². The summed E-state index contributed by atoms with van der Waals surface area (Å²) >= 11 is 1.39. The third-order valence-corrected chi connectivity index (χ3v) is 3.03. The Balaban J connectivity index is 2.05. The molecule has 11 heavy (non-hydrogen) atoms. The molecule has 1 saturated heterocycles. The Hall–Kier alpha value is 0.170. The number of rotatable bonds is 3. The summed E-state index contributed by atoms with van der Waals surface area (Å²) in [5, 5.41) is 3.61. The van der Waals surface area contributed by atoms with E-state index in [0.717, 1.165) is 25.9 Å². The molecule has 1 rings (SSSR count). The third-order valence-electron chi connectivity index (χ3n) is 1.71. The van der Waals surface area contributed by atoms with Crippen LogP contribution in [0.3, 0.4) is 0 Å². The van der Waals surface area contributed by atoms with Crippen molar-refractivity contribution in [3.05, 3.63) is 0 Å². The van der Waals surface area contributed by atoms with Crippen LogP contribution in [0.15, 0.2) is 0 Å². The topological polar surface area (TPSA) is 12.0 Å². The van der Waals surface area contributed by atoms with Gasteiger partial charge in [-0.05, 0) is 19.4 Å². The average Bonchev–Trinajstić information content (AvgIpc) is 2.03. The summed E-state index contributed by atoms with van der Waals surface area (Å²) < 4.78 is 23.5. The summed E-state index contributed by atoms with van der Waals surface area (Å²) in [6.07, 6.45) is 0.0626. The number of nitrogens with one attached hydrogen (secondary N) is 1. The van der Waals surface area contributed by atoms with Gasteiger partial charge in [0.05, 0.1) is 5.75 Å². The smallest absolute Gasteiger partial charge is 0.247 e. The van der Waals surface area contributed by atoms with Crippen molar-refractivity contribution in [2.45, 2.75) is 24.5 Å². The summed E-state index contributed by atoms with van der Waals surface area (Å²) in [6.45, 7) is 1.95. The fourth-order valence-corrected chi connectivity index (χ4v) is 2.16. The van der Waals surface area contributed by atoms with Gasteiger partial charge in [0, 0.05) is 11.8 Å². The van der Waals surface area contributed by atoms with E-state index in [9.17, 15) is 8.78 Å². The first-order valence-electron chi connectivity index (χ1n) is 3.89. The minimum atomic E-state index is -2.15. The molecule has 4 heteroatoms. The van der Waals surface area contributed by atoms with E-state index in [2.05, 4.69) is 5.32 Å². The highest BCUT2D eigenvalue weighted by atomic mass is 32.2. The molecule has 1 N–H and O–H groups in total. The quantitative estimate of drug-likeness (QED) is 0.711. The van der Waals surface area contributed by atoms with Gasteiger partial charge in [-0.3, -0.25) is 0 Å². The molecular formula is C7H13F2NS. The Morgan fingerprint density at radius 3 is 2.91 bits per heavy atom. The lowest BCUT2D eigenvalue weighted by molar-refractivity contribution is 0.176. The highest BCUT2D eigenvalue weighted by Crippen LogP contribution is 2.20. The monoisotopic (exact) mass is 181 g/mol. The normalized spacial score (nSPS) is 25.9. The van der Waals surface area contributed by atoms with Gasteiger partial charge in [-0.2, -0.15) is 11.8 Å². The maximum Gasteiger partial charge on any atom is 0.247 e. The first-order chi connectivity index (χ1) is 5.29. The molecule has 0 bridgehead atoms. The van der Waals surface area contributed by atoms with E-state index in [4.69, 9.17) is 0 Å². The predicted octanol–water partition coefficient (Wildman–Crippen LogP) is 1.74. The van der Waals surface area contributed by atoms with Crippen LogP contribution in [-0.4, -0.2) is 30.5 Å². The Bertz CT molecular complexity index is 105. The second-order valence-corrected chi connectivity index (χ2v) is 4.03. The molecule has 0 amide bonds. The molecule has 0 saturated carbocycles. The van der Waals surface area contributed by atoms with Gasteiger partial charge in [-0.25, -0.2) is 8.78 Å². The number of piperidine rings is 1. The van der Waals surface area contributed by atoms with Crippen molar-refractivity contribution in [2.24, 2.45) is 0 Å². The van der Waals surface area contributed by atoms with Crippen molar-refractivity contribution in [1.29, 1.82) is 0 Å². The van der Waals surface area contributed by atoms with Crippen LogP contribution in [-0.2, 0) is 0 Å². The minimum Gasteiger partial charge on any atom is -0.316 e. The molecule has 1 aliphatic rings. The van der Waals surface area contributed by atoms with E-state index in [0.29, 0.717) is 5.25 Å². The fraction of sp³-hybridized carbons (Fsp3) is 1.00. The Morgan fingerprint density at radius 2 is 2.36 bits per heavy atom. The Kier molecular flexibility index (Phi) is 4.15. The summed E-state index contributed by atoms with van der Waals surface area (Å²) in [6, 6.07) is 0. The number of halogens is 2. The summed E-state index contributed by atoms with van der Waals surface area (Å²) in [4.78, 5) is 0. The van der Waals surface area contributed by atoms with E-state index in [1.807, 2.05) is 0 Å². The Morgan fingerprint density at radius 1 is 1.55 bits per heavy atom. The molecule has 0 aromatic heterocycles. The molecule has 0 aromatic carbocycles. The molecule has 66 valence electrons. The summed E-state index contributed by atoms with van der Waals surface area (Å²) in [5.41, 5.74) is 0. The molecule has 1 unspecified atom stereocenters. The summed E-state index contributed by atoms with van der Waals surface area (Å²) in [5.74, 6) is -0.00759. The molecule has 0 spiro atoms. The van der Waals surface area contributed by atoms with Crippen molar-refractivity contribution in [3.8, 4) is 0 Å². The first kappa shape index (κ1) is 9.26. The fourth-order valence-electron chi connectivity index (χ4n) is 1.17. The molecule has 0 aliphatic carbocycles. The highest BCUT2D eigenvalue weighted by molar-refractivity contribution is 7.99. The maximum absolute atomic E-state index is 11.7. The third kappa shape index (κ3) is 3.91. The first-order valence-corrected chi connectivity index (χ1v) is 4.94. The SMILES string of the molecule is FC(F)CSC1CCCNC1. The van der Waals surface area contributed by atoms with Gasteiger partial charge in [0.2, 0.25) is 6.43 Å². The van der Waals surface area contributed by atoms with Crippen LogP contribution in [0.5, 0.6) is 0 Å². The number of hydrogen-bond donors (Lipinski definition) is 1. The molecular weight excluding hydrogens is 168 g/mol. The molecule has 0 radical (unpaired) electrons. The van der Waals surface area contributed by atoms with Crippen LogP contribution >= 0.6 is 11.8 Å². The van der Waals surface area contributed by atoms with E-state index in [1.54, 1.807) is 0 Å². The van der Waals surface area contributed by atoms with Gasteiger partial charge in [0.15, 0.2) is 0 Å². The highest BCUT2D eigenvalue weighted by Gasteiger charge is 2.14. The molecule has 1 heterocycles. The molecule has 0 aromatic rings. The lowest BCUT2D eigenvalue weighted by Gasteiger charge is -2.21. The van der Waals surface area contributed by atoms with Crippen LogP contribution in [0.2, 0.25) is 0 Å². The Labute approximate surface area is 69.9 Å². The number of hydrogen-bond acceptors (Lipinski definition) is 2. The van der Waals surface area contributed by atoms with Crippen LogP contribution < -0.4 is 5.32 Å². The van der Waals surface area contributed by atoms with Crippen LogP contribution in [0.4, 0.5) is 8.78 Å². The van der Waals surface area contributed by atoms with Gasteiger partial charge in [0.25, 0.3) is 0 Å². The van der Waals surface area contributed by atoms with Crippen molar-refractivity contribution in [2.75, 3.05) is 18.8 Å². The largest absolute Gasteiger partial charge is 0.316 e. The maximum atomic E-state index is 11.7. The van der Waals surface area contributed by atoms with E-state index < -0.39 is 6.43 Å². The molecule has 1 nitrogen and oxygen atoms in total. The molecule has 1 aliphatic heterocycles. The van der Waals surface area contributed by atoms with Crippen LogP contribution in [0, 0.1) is 0 Å². The van der Waals surface area contributed by atoms with Gasteiger partial charge in [-0.15, -0.1) is 0 Å². The summed E-state index contributed by atoms with van der Waals surface area (Å²) in [7, 11) is 0. The standard InChI is InChI=1S/C7H13F2NS/c8-7(9)5-11-6-2-1-3-10-4-6/h6-7,10H,1-5H2. The molecule has 1 fully saturated rings. The van der Waals surface area contributed by atoms with Crippen molar-refractivity contribution >= 4 is 11.8 Å². The zero-order valence-corrected chi connectivity index (χ0v) is 7.17. The second-order valence-electron chi connectivity index (χ2n) is 2.69. The van der Waals surface area contributed by atoms with E-state index in [-0.39, 0.29) is 5.75 Å².